The lowest BCUT2D eigenvalue weighted by atomic mass is 10.2. The molecule has 0 heterocycles. The van der Waals surface area contributed by atoms with E-state index in [1.54, 1.807) is 26.4 Å². The molecule has 0 aliphatic heterocycles. The zero-order valence-corrected chi connectivity index (χ0v) is 15.3. The largest absolute Gasteiger partial charge is 0.545 e. The number of benzene rings is 3. The number of carboxylic acids is 1. The second-order valence-electron chi connectivity index (χ2n) is 5.44. The van der Waals surface area contributed by atoms with Gasteiger partial charge in [0.2, 0.25) is 0 Å². The first kappa shape index (κ1) is 17.9. The highest BCUT2D eigenvalue weighted by Crippen LogP contribution is 2.34. The maximum Gasteiger partial charge on any atom is 0.175 e. The Morgan fingerprint density at radius 1 is 0.769 bits per heavy atom. The summed E-state index contributed by atoms with van der Waals surface area (Å²) in [6.45, 7) is 0. The number of carbonyl (C=O) groups excluding carboxylic acids is 1. The normalized spacial score (nSPS) is 10.6. The molecule has 0 spiro atoms. The van der Waals surface area contributed by atoms with E-state index in [1.807, 2.05) is 60.7 Å². The molecule has 0 saturated heterocycles. The fourth-order valence-corrected chi connectivity index (χ4v) is 4.81. The summed E-state index contributed by atoms with van der Waals surface area (Å²) in [5.41, 5.74) is 0.197. The molecule has 0 atom stereocenters. The second kappa shape index (κ2) is 7.97. The van der Waals surface area contributed by atoms with Gasteiger partial charge in [-0.3, -0.25) is 0 Å². The van der Waals surface area contributed by atoms with Crippen molar-refractivity contribution in [2.75, 3.05) is 14.2 Å². The Balaban J connectivity index is 2.16. The van der Waals surface area contributed by atoms with Gasteiger partial charge in [-0.1, -0.05) is 12.1 Å². The highest BCUT2D eigenvalue weighted by atomic mass is 32.2. The molecule has 132 valence electrons. The third-order valence-corrected chi connectivity index (χ3v) is 6.20. The molecule has 0 amide bonds. The van der Waals surface area contributed by atoms with Crippen LogP contribution in [0, 0.1) is 0 Å². The van der Waals surface area contributed by atoms with Crippen molar-refractivity contribution in [1.82, 2.24) is 0 Å². The van der Waals surface area contributed by atoms with Gasteiger partial charge in [-0.2, -0.15) is 0 Å². The minimum atomic E-state index is -1.18. The van der Waals surface area contributed by atoms with Crippen molar-refractivity contribution in [2.24, 2.45) is 0 Å². The smallest absolute Gasteiger partial charge is 0.175 e. The zero-order valence-electron chi connectivity index (χ0n) is 14.5. The van der Waals surface area contributed by atoms with Crippen molar-refractivity contribution < 1.29 is 19.4 Å². The molecule has 3 aromatic carbocycles. The van der Waals surface area contributed by atoms with E-state index in [0.29, 0.717) is 4.90 Å². The fraction of sp³-hybridized carbons (Fsp3) is 0.0952. The van der Waals surface area contributed by atoms with Crippen LogP contribution in [0.2, 0.25) is 0 Å². The van der Waals surface area contributed by atoms with Crippen molar-refractivity contribution in [1.29, 1.82) is 0 Å². The van der Waals surface area contributed by atoms with Gasteiger partial charge in [0.15, 0.2) is 14.7 Å². The molecule has 0 N–H and O–H groups in total. The van der Waals surface area contributed by atoms with Crippen molar-refractivity contribution >= 4 is 16.9 Å². The highest BCUT2D eigenvalue weighted by molar-refractivity contribution is 7.97. The predicted octanol–water partition coefficient (Wildman–Crippen LogP) is 3.16. The van der Waals surface area contributed by atoms with Crippen molar-refractivity contribution in [2.45, 2.75) is 14.7 Å². The van der Waals surface area contributed by atoms with Gasteiger partial charge in [-0.05, 0) is 60.7 Å². The first-order chi connectivity index (χ1) is 12.6. The molecule has 3 rings (SSSR count). The lowest BCUT2D eigenvalue weighted by Crippen LogP contribution is -2.25. The van der Waals surface area contributed by atoms with Gasteiger partial charge in [0.05, 0.1) is 36.6 Å². The summed E-state index contributed by atoms with van der Waals surface area (Å²) in [7, 11) is 2.63. The Kier molecular flexibility index (Phi) is 5.49. The molecule has 5 heteroatoms. The number of carboxylic acid groups (broad SMARTS) is 1. The molecule has 0 fully saturated rings. The number of hydrogen-bond donors (Lipinski definition) is 0. The van der Waals surface area contributed by atoms with Gasteiger partial charge < -0.3 is 19.4 Å². The zero-order chi connectivity index (χ0) is 18.5. The van der Waals surface area contributed by atoms with Gasteiger partial charge in [0.1, 0.15) is 11.5 Å². The SMILES string of the molecule is COc1ccc([S+](c2ccc(OC)cc2)c2ccccc2C(=O)[O-])cc1. The number of carbonyl (C=O) groups is 1. The summed E-state index contributed by atoms with van der Waals surface area (Å²) in [5, 5.41) is 11.6. The summed E-state index contributed by atoms with van der Waals surface area (Å²) in [5.74, 6) is 0.320. The van der Waals surface area contributed by atoms with Crippen molar-refractivity contribution in [3.05, 3.63) is 78.4 Å². The number of ether oxygens (including phenoxy) is 2. The Bertz CT molecular complexity index is 841. The first-order valence-corrected chi connectivity index (χ1v) is 9.19. The summed E-state index contributed by atoms with van der Waals surface area (Å²) in [6.07, 6.45) is 0. The quantitative estimate of drug-likeness (QED) is 0.629. The van der Waals surface area contributed by atoms with E-state index in [-0.39, 0.29) is 5.56 Å². The van der Waals surface area contributed by atoms with Crippen LogP contribution in [-0.2, 0) is 10.9 Å². The third kappa shape index (κ3) is 3.68. The van der Waals surface area contributed by atoms with Crippen LogP contribution in [0.25, 0.3) is 0 Å². The summed E-state index contributed by atoms with van der Waals surface area (Å²) in [4.78, 5) is 14.3. The lowest BCUT2D eigenvalue weighted by molar-refractivity contribution is -0.255. The molecular formula is C21H18O4S. The van der Waals surface area contributed by atoms with E-state index in [2.05, 4.69) is 0 Å². The molecule has 4 nitrogen and oxygen atoms in total. The molecule has 3 aromatic rings. The van der Waals surface area contributed by atoms with Crippen LogP contribution < -0.4 is 14.6 Å². The third-order valence-electron chi connectivity index (χ3n) is 3.92. The summed E-state index contributed by atoms with van der Waals surface area (Å²) in [6, 6.07) is 22.3. The van der Waals surface area contributed by atoms with E-state index in [9.17, 15) is 9.90 Å². The van der Waals surface area contributed by atoms with Crippen molar-refractivity contribution in [3.8, 4) is 11.5 Å². The van der Waals surface area contributed by atoms with Crippen molar-refractivity contribution in [3.63, 3.8) is 0 Å². The average Bonchev–Trinajstić information content (AvgIpc) is 2.69. The molecule has 0 bridgehead atoms. The average molecular weight is 366 g/mol. The van der Waals surface area contributed by atoms with Crippen LogP contribution in [-0.4, -0.2) is 20.2 Å². The van der Waals surface area contributed by atoms with Gasteiger partial charge >= 0.3 is 0 Å². The topological polar surface area (TPSA) is 58.6 Å². The van der Waals surface area contributed by atoms with Crippen LogP contribution in [0.1, 0.15) is 10.4 Å². The second-order valence-corrected chi connectivity index (χ2v) is 7.44. The van der Waals surface area contributed by atoms with E-state index in [1.165, 1.54) is 0 Å². The van der Waals surface area contributed by atoms with Crippen LogP contribution in [0.5, 0.6) is 11.5 Å². The number of rotatable bonds is 6. The minimum Gasteiger partial charge on any atom is -0.545 e. The molecule has 0 unspecified atom stereocenters. The Morgan fingerprint density at radius 3 is 1.65 bits per heavy atom. The molecule has 0 saturated carbocycles. The molecule has 0 radical (unpaired) electrons. The predicted molar refractivity (Wildman–Crippen MR) is 98.9 cm³/mol. The van der Waals surface area contributed by atoms with Crippen LogP contribution >= 0.6 is 0 Å². The summed E-state index contributed by atoms with van der Waals surface area (Å²) < 4.78 is 10.5. The number of hydrogen-bond acceptors (Lipinski definition) is 4. The standard InChI is InChI=1S/C21H18O4S/c1-24-15-7-11-17(12-8-15)26(18-13-9-16(25-2)10-14-18)20-6-4-3-5-19(20)21(22)23/h3-14H,1-2H3. The van der Waals surface area contributed by atoms with Crippen LogP contribution in [0.4, 0.5) is 0 Å². The minimum absolute atomic E-state index is 0.197. The fourth-order valence-electron chi connectivity index (χ4n) is 2.63. The molecular weight excluding hydrogens is 348 g/mol. The summed E-state index contributed by atoms with van der Waals surface area (Å²) >= 11 is 0. The van der Waals surface area contributed by atoms with Crippen LogP contribution in [0.3, 0.4) is 0 Å². The monoisotopic (exact) mass is 366 g/mol. The van der Waals surface area contributed by atoms with E-state index in [0.717, 1.165) is 21.3 Å². The van der Waals surface area contributed by atoms with E-state index in [4.69, 9.17) is 9.47 Å². The molecule has 0 aliphatic rings. The van der Waals surface area contributed by atoms with Gasteiger partial charge in [-0.25, -0.2) is 0 Å². The van der Waals surface area contributed by atoms with Crippen LogP contribution in [0.15, 0.2) is 87.5 Å². The van der Waals surface area contributed by atoms with Gasteiger partial charge in [0, 0.05) is 0 Å². The number of methoxy groups -OCH3 is 2. The van der Waals surface area contributed by atoms with Gasteiger partial charge in [-0.15, -0.1) is 0 Å². The maximum absolute atomic E-state index is 11.6. The Hall–Kier alpha value is -2.92. The Morgan fingerprint density at radius 2 is 1.23 bits per heavy atom. The molecule has 0 aromatic heterocycles. The Labute approximate surface area is 155 Å². The van der Waals surface area contributed by atoms with Gasteiger partial charge in [0.25, 0.3) is 0 Å². The van der Waals surface area contributed by atoms with E-state index >= 15 is 0 Å². The molecule has 26 heavy (non-hydrogen) atoms. The molecule has 0 aliphatic carbocycles. The number of aromatic carboxylic acids is 1. The first-order valence-electron chi connectivity index (χ1n) is 7.97. The lowest BCUT2D eigenvalue weighted by Gasteiger charge is -2.13. The highest BCUT2D eigenvalue weighted by Gasteiger charge is 2.31. The van der Waals surface area contributed by atoms with E-state index < -0.39 is 16.9 Å². The maximum atomic E-state index is 11.6.